The minimum atomic E-state index is 0.132. The van der Waals surface area contributed by atoms with Gasteiger partial charge in [-0.15, -0.1) is 27.7 Å². The van der Waals surface area contributed by atoms with E-state index in [1.54, 1.807) is 0 Å². The third kappa shape index (κ3) is 4.63. The quantitative estimate of drug-likeness (QED) is 0.246. The number of fused-ring (bicyclic) bond motifs is 6. The summed E-state index contributed by atoms with van der Waals surface area (Å²) in [6, 6.07) is 39.2. The Hall–Kier alpha value is -5.26. The number of hydrogen-bond acceptors (Lipinski definition) is 4. The average molecular weight is 630 g/mol. The van der Waals surface area contributed by atoms with Crippen molar-refractivity contribution in [2.24, 2.45) is 0 Å². The Labute approximate surface area is 293 Å². The van der Waals surface area contributed by atoms with E-state index in [-0.39, 0.29) is 33.1 Å². The predicted octanol–water partition coefficient (Wildman–Crippen LogP) is 5.38. The molecule has 49 heavy (non-hydrogen) atoms. The topological polar surface area (TPSA) is 38.9 Å². The van der Waals surface area contributed by atoms with Crippen molar-refractivity contribution in [2.75, 3.05) is 0 Å². The predicted molar refractivity (Wildman–Crippen MR) is 211 cm³/mol. The molecule has 0 saturated carbocycles. The van der Waals surface area contributed by atoms with Crippen molar-refractivity contribution >= 4 is 120 Å². The normalized spacial score (nSPS) is 11.7. The molecule has 9 aromatic rings. The minimum Gasteiger partial charge on any atom is -0.455 e. The Morgan fingerprint density at radius 1 is 0.510 bits per heavy atom. The average Bonchev–Trinajstić information content (AvgIpc) is 3.72. The molecule has 9 heteroatoms. The molecule has 0 N–H and O–H groups in total. The Morgan fingerprint density at radius 2 is 1.12 bits per heavy atom. The number of furan rings is 1. The van der Waals surface area contributed by atoms with Gasteiger partial charge in [-0.3, -0.25) is 0 Å². The maximum atomic E-state index is 6.70. The first-order valence-electron chi connectivity index (χ1n) is 15.7. The van der Waals surface area contributed by atoms with Crippen LogP contribution in [0.1, 0.15) is 0 Å². The zero-order valence-electron chi connectivity index (χ0n) is 26.1. The molecule has 6 aromatic carbocycles. The molecule has 0 aliphatic carbocycles. The van der Waals surface area contributed by atoms with Crippen molar-refractivity contribution in [1.82, 2.24) is 9.97 Å². The Morgan fingerprint density at radius 3 is 1.92 bits per heavy atom. The van der Waals surface area contributed by atoms with E-state index in [0.717, 1.165) is 38.6 Å². The van der Waals surface area contributed by atoms with Gasteiger partial charge in [0.25, 0.3) is 0 Å². The molecule has 3 heterocycles. The SMILES string of the molecule is [B]c1c([B])c([B])c(-c2nc(-c3ccccc3)cc(-c3cccc4c3oc3cccc(-c5cccc6c5sc5ccccc56)c34)n2)c([B])c1[B]. The summed E-state index contributed by atoms with van der Waals surface area (Å²) in [6.07, 6.45) is 0. The van der Waals surface area contributed by atoms with Crippen LogP contribution in [-0.2, 0) is 0 Å². The van der Waals surface area contributed by atoms with Crippen molar-refractivity contribution in [3.8, 4) is 45.0 Å². The molecular weight excluding hydrogens is 611 g/mol. The molecule has 9 rings (SSSR count). The van der Waals surface area contributed by atoms with Crippen molar-refractivity contribution in [3.05, 3.63) is 115 Å². The summed E-state index contributed by atoms with van der Waals surface area (Å²) in [5.41, 5.74) is 7.78. The smallest absolute Gasteiger partial charge is 0.159 e. The van der Waals surface area contributed by atoms with Gasteiger partial charge in [-0.05, 0) is 29.8 Å². The van der Waals surface area contributed by atoms with E-state index in [2.05, 4.69) is 54.6 Å². The molecule has 0 fully saturated rings. The van der Waals surface area contributed by atoms with E-state index in [9.17, 15) is 0 Å². The number of nitrogens with zero attached hydrogens (tertiary/aromatic N) is 2. The summed E-state index contributed by atoms with van der Waals surface area (Å²) in [6.45, 7) is 0. The van der Waals surface area contributed by atoms with Gasteiger partial charge < -0.3 is 4.42 Å². The monoisotopic (exact) mass is 630 g/mol. The highest BCUT2D eigenvalue weighted by molar-refractivity contribution is 7.26. The molecule has 216 valence electrons. The van der Waals surface area contributed by atoms with Gasteiger partial charge >= 0.3 is 0 Å². The lowest BCUT2D eigenvalue weighted by molar-refractivity contribution is 0.670. The molecule has 0 unspecified atom stereocenters. The van der Waals surface area contributed by atoms with Crippen LogP contribution in [0.2, 0.25) is 0 Å². The maximum absolute atomic E-state index is 6.70. The van der Waals surface area contributed by atoms with Crippen LogP contribution in [0.15, 0.2) is 120 Å². The molecule has 3 aromatic heterocycles. The van der Waals surface area contributed by atoms with Gasteiger partial charge in [-0.1, -0.05) is 102 Å². The first-order chi connectivity index (χ1) is 23.9. The highest BCUT2D eigenvalue weighted by atomic mass is 32.1. The zero-order valence-corrected chi connectivity index (χ0v) is 26.9. The summed E-state index contributed by atoms with van der Waals surface area (Å²) in [7, 11) is 31.7. The Bertz CT molecular complexity index is 2760. The Balaban J connectivity index is 1.31. The highest BCUT2D eigenvalue weighted by Crippen LogP contribution is 2.45. The molecule has 0 aliphatic rings. The number of benzene rings is 6. The maximum Gasteiger partial charge on any atom is 0.159 e. The van der Waals surface area contributed by atoms with Crippen LogP contribution >= 0.6 is 11.3 Å². The van der Waals surface area contributed by atoms with E-state index in [1.807, 2.05) is 72.0 Å². The second-order valence-electron chi connectivity index (χ2n) is 12.0. The van der Waals surface area contributed by atoms with Gasteiger partial charge in [-0.2, -0.15) is 0 Å². The molecule has 0 aliphatic heterocycles. The van der Waals surface area contributed by atoms with Crippen molar-refractivity contribution < 1.29 is 4.42 Å². The number of rotatable bonds is 4. The van der Waals surface area contributed by atoms with Gasteiger partial charge in [0, 0.05) is 53.2 Å². The van der Waals surface area contributed by atoms with Gasteiger partial charge in [0.1, 0.15) is 50.4 Å². The lowest BCUT2D eigenvalue weighted by Gasteiger charge is -2.21. The van der Waals surface area contributed by atoms with Crippen LogP contribution in [0.5, 0.6) is 0 Å². The fourth-order valence-electron chi connectivity index (χ4n) is 6.78. The fourth-order valence-corrected chi connectivity index (χ4v) is 8.01. The lowest BCUT2D eigenvalue weighted by atomic mass is 9.60. The van der Waals surface area contributed by atoms with Gasteiger partial charge in [0.05, 0.1) is 11.4 Å². The van der Waals surface area contributed by atoms with Gasteiger partial charge in [-0.25, -0.2) is 9.97 Å². The second-order valence-corrected chi connectivity index (χ2v) is 13.1. The Kier molecular flexibility index (Phi) is 6.96. The largest absolute Gasteiger partial charge is 0.455 e. The van der Waals surface area contributed by atoms with Crippen LogP contribution in [-0.4, -0.2) is 49.2 Å². The standard InChI is InChI=1S/C40H19B5N2OS/c41-33-32(34(42)36(44)37(45)35(33)43)40-46-27(20-9-2-1-3-10-20)19-28(47-40)25-15-7-16-26-31-22(12-8-17-29(31)48-38(25)26)24-14-6-13-23-21-11-4-5-18-30(21)49-39(23)24/h1-19H. The van der Waals surface area contributed by atoms with Crippen molar-refractivity contribution in [1.29, 1.82) is 0 Å². The van der Waals surface area contributed by atoms with E-state index in [1.165, 1.54) is 20.2 Å². The number of aromatic nitrogens is 2. The van der Waals surface area contributed by atoms with Crippen LogP contribution in [0.3, 0.4) is 0 Å². The molecule has 0 bridgehead atoms. The summed E-state index contributed by atoms with van der Waals surface area (Å²) in [4.78, 5) is 9.92. The van der Waals surface area contributed by atoms with E-state index in [4.69, 9.17) is 53.6 Å². The summed E-state index contributed by atoms with van der Waals surface area (Å²) in [5, 5.41) is 4.51. The lowest BCUT2D eigenvalue weighted by Crippen LogP contribution is -2.55. The first-order valence-corrected chi connectivity index (χ1v) is 16.5. The zero-order chi connectivity index (χ0) is 33.4. The van der Waals surface area contributed by atoms with Gasteiger partial charge in [0.2, 0.25) is 0 Å². The van der Waals surface area contributed by atoms with Gasteiger partial charge in [0.15, 0.2) is 5.82 Å². The number of hydrogen-bond donors (Lipinski definition) is 0. The van der Waals surface area contributed by atoms with E-state index in [0.29, 0.717) is 22.5 Å². The third-order valence-electron chi connectivity index (χ3n) is 9.21. The van der Waals surface area contributed by atoms with Crippen molar-refractivity contribution in [3.63, 3.8) is 0 Å². The minimum absolute atomic E-state index is 0.132. The number of thiophene rings is 1. The van der Waals surface area contributed by atoms with Crippen molar-refractivity contribution in [2.45, 2.75) is 0 Å². The molecule has 0 amide bonds. The first kappa shape index (κ1) is 29.9. The fraction of sp³-hybridized carbons (Fsp3) is 0. The van der Waals surface area contributed by atoms with Crippen LogP contribution < -0.4 is 27.3 Å². The molecular formula is C40H19B5N2OS. The summed E-state index contributed by atoms with van der Waals surface area (Å²) >= 11 is 1.81. The van der Waals surface area contributed by atoms with Crippen LogP contribution in [0.25, 0.3) is 87.1 Å². The summed E-state index contributed by atoms with van der Waals surface area (Å²) in [5.74, 6) is 0.273. The second kappa shape index (κ2) is 11.4. The molecule has 3 nitrogen and oxygen atoms in total. The molecule has 0 saturated heterocycles. The summed E-state index contributed by atoms with van der Waals surface area (Å²) < 4.78 is 9.20. The van der Waals surface area contributed by atoms with Crippen LogP contribution in [0.4, 0.5) is 0 Å². The third-order valence-corrected chi connectivity index (χ3v) is 10.4. The molecule has 0 spiro atoms. The molecule has 10 radical (unpaired) electrons. The van der Waals surface area contributed by atoms with E-state index >= 15 is 0 Å². The molecule has 0 atom stereocenters. The highest BCUT2D eigenvalue weighted by Gasteiger charge is 2.21. The number of para-hydroxylation sites is 1. The van der Waals surface area contributed by atoms with E-state index < -0.39 is 0 Å². The van der Waals surface area contributed by atoms with Crippen LogP contribution in [0, 0.1) is 0 Å².